The second-order valence-corrected chi connectivity index (χ2v) is 8.94. The fourth-order valence-corrected chi connectivity index (χ4v) is 3.96. The van der Waals surface area contributed by atoms with Gasteiger partial charge in [-0.15, -0.1) is 0 Å². The lowest BCUT2D eigenvalue weighted by molar-refractivity contribution is -0.127. The SMILES string of the molecule is CC(C)c1nc2n(n1)CC(NC(=NCC(=O)N(C)C)NCC1CCCCC1)CC2. The summed E-state index contributed by atoms with van der Waals surface area (Å²) in [6.45, 7) is 6.10. The third-order valence-corrected chi connectivity index (χ3v) is 5.89. The number of likely N-dealkylation sites (N-methyl/N-ethyl adjacent to an activating group) is 1. The van der Waals surface area contributed by atoms with Gasteiger partial charge in [0.15, 0.2) is 11.8 Å². The molecular formula is C21H37N7O. The van der Waals surface area contributed by atoms with Crippen molar-refractivity contribution in [2.75, 3.05) is 27.2 Å². The summed E-state index contributed by atoms with van der Waals surface area (Å²) in [6.07, 6.45) is 8.45. The first-order valence-electron chi connectivity index (χ1n) is 11.1. The van der Waals surface area contributed by atoms with Crippen molar-refractivity contribution in [3.63, 3.8) is 0 Å². The Morgan fingerprint density at radius 1 is 1.24 bits per heavy atom. The van der Waals surface area contributed by atoms with E-state index in [0.717, 1.165) is 43.5 Å². The van der Waals surface area contributed by atoms with Crippen LogP contribution in [0.5, 0.6) is 0 Å². The van der Waals surface area contributed by atoms with E-state index in [-0.39, 0.29) is 18.5 Å². The fraction of sp³-hybridized carbons (Fsp3) is 0.810. The van der Waals surface area contributed by atoms with Crippen molar-refractivity contribution in [3.05, 3.63) is 11.6 Å². The van der Waals surface area contributed by atoms with Gasteiger partial charge in [-0.3, -0.25) is 4.79 Å². The summed E-state index contributed by atoms with van der Waals surface area (Å²) >= 11 is 0. The lowest BCUT2D eigenvalue weighted by Gasteiger charge is -2.27. The predicted octanol–water partition coefficient (Wildman–Crippen LogP) is 1.92. The largest absolute Gasteiger partial charge is 0.356 e. The molecule has 8 heteroatoms. The van der Waals surface area contributed by atoms with E-state index >= 15 is 0 Å². The third-order valence-electron chi connectivity index (χ3n) is 5.89. The normalized spacial score (nSPS) is 20.4. The van der Waals surface area contributed by atoms with Gasteiger partial charge in [0.25, 0.3) is 0 Å². The van der Waals surface area contributed by atoms with Crippen LogP contribution in [0.1, 0.15) is 69.9 Å². The highest BCUT2D eigenvalue weighted by molar-refractivity contribution is 5.84. The van der Waals surface area contributed by atoms with Crippen LogP contribution in [0, 0.1) is 5.92 Å². The number of aryl methyl sites for hydroxylation is 1. The number of amides is 1. The summed E-state index contributed by atoms with van der Waals surface area (Å²) in [4.78, 5) is 22.8. The van der Waals surface area contributed by atoms with Gasteiger partial charge in [-0.1, -0.05) is 33.1 Å². The number of hydrogen-bond donors (Lipinski definition) is 2. The summed E-state index contributed by atoms with van der Waals surface area (Å²) in [6, 6.07) is 0.233. The van der Waals surface area contributed by atoms with Gasteiger partial charge in [0.2, 0.25) is 5.91 Å². The maximum atomic E-state index is 12.0. The highest BCUT2D eigenvalue weighted by Gasteiger charge is 2.23. The molecule has 0 radical (unpaired) electrons. The van der Waals surface area contributed by atoms with Crippen molar-refractivity contribution >= 4 is 11.9 Å². The number of aliphatic imine (C=N–C) groups is 1. The molecule has 162 valence electrons. The molecule has 1 aromatic heterocycles. The smallest absolute Gasteiger partial charge is 0.243 e. The maximum Gasteiger partial charge on any atom is 0.243 e. The van der Waals surface area contributed by atoms with E-state index in [1.807, 2.05) is 4.68 Å². The second-order valence-electron chi connectivity index (χ2n) is 8.94. The number of nitrogens with one attached hydrogen (secondary N) is 2. The molecule has 0 bridgehead atoms. The number of aromatic nitrogens is 3. The average molecular weight is 404 g/mol. The Labute approximate surface area is 174 Å². The molecule has 3 rings (SSSR count). The maximum absolute atomic E-state index is 12.0. The zero-order chi connectivity index (χ0) is 20.8. The first-order chi connectivity index (χ1) is 13.9. The van der Waals surface area contributed by atoms with Crippen molar-refractivity contribution < 1.29 is 4.79 Å². The summed E-state index contributed by atoms with van der Waals surface area (Å²) in [7, 11) is 3.53. The van der Waals surface area contributed by atoms with Gasteiger partial charge in [0, 0.05) is 39.0 Å². The Hall–Kier alpha value is -2.12. The highest BCUT2D eigenvalue weighted by atomic mass is 16.2. The molecule has 0 aromatic carbocycles. The Balaban J connectivity index is 1.61. The van der Waals surface area contributed by atoms with Gasteiger partial charge in [-0.05, 0) is 25.2 Å². The summed E-state index contributed by atoms with van der Waals surface area (Å²) in [5.74, 6) is 3.77. The van der Waals surface area contributed by atoms with E-state index in [4.69, 9.17) is 0 Å². The van der Waals surface area contributed by atoms with Crippen LogP contribution in [0.2, 0.25) is 0 Å². The van der Waals surface area contributed by atoms with Crippen LogP contribution in [0.3, 0.4) is 0 Å². The number of nitrogens with zero attached hydrogens (tertiary/aromatic N) is 5. The van der Waals surface area contributed by atoms with Crippen molar-refractivity contribution in [1.82, 2.24) is 30.3 Å². The lowest BCUT2D eigenvalue weighted by Crippen LogP contribution is -2.48. The minimum Gasteiger partial charge on any atom is -0.356 e. The fourth-order valence-electron chi connectivity index (χ4n) is 3.96. The van der Waals surface area contributed by atoms with E-state index in [2.05, 4.69) is 39.6 Å². The van der Waals surface area contributed by atoms with Crippen molar-refractivity contribution in [3.8, 4) is 0 Å². The number of guanidine groups is 1. The number of fused-ring (bicyclic) bond motifs is 1. The van der Waals surface area contributed by atoms with Crippen LogP contribution >= 0.6 is 0 Å². The Bertz CT molecular complexity index is 704. The molecule has 1 aromatic rings. The highest BCUT2D eigenvalue weighted by Crippen LogP contribution is 2.22. The minimum absolute atomic E-state index is 0.00699. The van der Waals surface area contributed by atoms with Crippen LogP contribution in [-0.4, -0.2) is 64.8 Å². The summed E-state index contributed by atoms with van der Waals surface area (Å²) < 4.78 is 2.03. The third kappa shape index (κ3) is 6.18. The van der Waals surface area contributed by atoms with Gasteiger partial charge in [-0.25, -0.2) is 14.7 Å². The molecule has 0 spiro atoms. The molecule has 8 nitrogen and oxygen atoms in total. The molecule has 1 aliphatic heterocycles. The van der Waals surface area contributed by atoms with Gasteiger partial charge in [-0.2, -0.15) is 5.10 Å². The topological polar surface area (TPSA) is 87.4 Å². The molecule has 2 heterocycles. The second kappa shape index (κ2) is 10.1. The Kier molecular flexibility index (Phi) is 7.50. The Morgan fingerprint density at radius 2 is 2.00 bits per heavy atom. The molecule has 0 saturated heterocycles. The lowest BCUT2D eigenvalue weighted by atomic mass is 9.89. The van der Waals surface area contributed by atoms with Crippen LogP contribution in [0.4, 0.5) is 0 Å². The van der Waals surface area contributed by atoms with Crippen molar-refractivity contribution in [2.24, 2.45) is 10.9 Å². The van der Waals surface area contributed by atoms with Crippen LogP contribution in [0.15, 0.2) is 4.99 Å². The molecule has 1 aliphatic carbocycles. The van der Waals surface area contributed by atoms with E-state index in [0.29, 0.717) is 11.8 Å². The molecule has 2 aliphatic rings. The summed E-state index contributed by atoms with van der Waals surface area (Å²) in [5, 5.41) is 11.7. The van der Waals surface area contributed by atoms with Crippen LogP contribution in [-0.2, 0) is 17.8 Å². The zero-order valence-electron chi connectivity index (χ0n) is 18.4. The average Bonchev–Trinajstić information content (AvgIpc) is 3.14. The number of carbonyl (C=O) groups excluding carboxylic acids is 1. The Morgan fingerprint density at radius 3 is 2.69 bits per heavy atom. The molecular weight excluding hydrogens is 366 g/mol. The van der Waals surface area contributed by atoms with Crippen LogP contribution in [0.25, 0.3) is 0 Å². The molecule has 1 fully saturated rings. The monoisotopic (exact) mass is 403 g/mol. The standard InChI is InChI=1S/C21H37N7O/c1-15(2)20-25-18-11-10-17(14-28(18)26-20)24-21(23-13-19(29)27(3)4)22-12-16-8-6-5-7-9-16/h15-17H,5-14H2,1-4H3,(H2,22,23,24). The van der Waals surface area contributed by atoms with E-state index in [9.17, 15) is 4.79 Å². The van der Waals surface area contributed by atoms with E-state index in [1.165, 1.54) is 32.1 Å². The first-order valence-corrected chi connectivity index (χ1v) is 11.1. The van der Waals surface area contributed by atoms with Crippen molar-refractivity contribution in [1.29, 1.82) is 0 Å². The van der Waals surface area contributed by atoms with Gasteiger partial charge < -0.3 is 15.5 Å². The summed E-state index contributed by atoms with van der Waals surface area (Å²) in [5.41, 5.74) is 0. The number of carbonyl (C=O) groups is 1. The first kappa shape index (κ1) is 21.6. The van der Waals surface area contributed by atoms with Gasteiger partial charge in [0.05, 0.1) is 6.54 Å². The molecule has 1 amide bonds. The molecule has 2 N–H and O–H groups in total. The molecule has 1 unspecified atom stereocenters. The van der Waals surface area contributed by atoms with Gasteiger partial charge >= 0.3 is 0 Å². The van der Waals surface area contributed by atoms with Crippen LogP contribution < -0.4 is 10.6 Å². The number of hydrogen-bond acceptors (Lipinski definition) is 4. The molecule has 29 heavy (non-hydrogen) atoms. The van der Waals surface area contributed by atoms with Gasteiger partial charge in [0.1, 0.15) is 12.4 Å². The molecule has 1 atom stereocenters. The minimum atomic E-state index is 0.00699. The quantitative estimate of drug-likeness (QED) is 0.560. The van der Waals surface area contributed by atoms with E-state index in [1.54, 1.807) is 19.0 Å². The molecule has 1 saturated carbocycles. The van der Waals surface area contributed by atoms with Crippen molar-refractivity contribution in [2.45, 2.75) is 77.3 Å². The number of rotatable bonds is 6. The van der Waals surface area contributed by atoms with E-state index < -0.39 is 0 Å². The predicted molar refractivity (Wildman–Crippen MR) is 115 cm³/mol. The zero-order valence-corrected chi connectivity index (χ0v) is 18.4.